The van der Waals surface area contributed by atoms with E-state index in [1.54, 1.807) is 0 Å². The minimum absolute atomic E-state index is 0.723. The minimum Gasteiger partial charge on any atom is -0.0988 e. The van der Waals surface area contributed by atoms with Crippen molar-refractivity contribution in [2.24, 2.45) is 11.8 Å². The zero-order chi connectivity index (χ0) is 7.72. The molecule has 0 radical (unpaired) electrons. The highest BCUT2D eigenvalue weighted by molar-refractivity contribution is 14.1. The fraction of sp³-hybridized carbons (Fsp3) is 0.778. The molecule has 1 fully saturated rings. The molecule has 1 aliphatic carbocycles. The van der Waals surface area contributed by atoms with E-state index in [0.717, 1.165) is 15.8 Å². The molecule has 1 heteroatoms. The predicted molar refractivity (Wildman–Crippen MR) is 54.5 cm³/mol. The first kappa shape index (κ1) is 8.57. The van der Waals surface area contributed by atoms with E-state index in [1.165, 1.54) is 18.4 Å². The average Bonchev–Trinajstić information content (AvgIpc) is 1.93. The summed E-state index contributed by atoms with van der Waals surface area (Å²) in [6, 6.07) is 0. The van der Waals surface area contributed by atoms with E-state index in [4.69, 9.17) is 0 Å². The van der Waals surface area contributed by atoms with Gasteiger partial charge in [-0.25, -0.2) is 0 Å². The molecule has 0 bridgehead atoms. The zero-order valence-electron chi connectivity index (χ0n) is 6.73. The van der Waals surface area contributed by atoms with Crippen LogP contribution in [0.15, 0.2) is 12.2 Å². The van der Waals surface area contributed by atoms with Crippen molar-refractivity contribution in [1.82, 2.24) is 0 Å². The molecule has 1 unspecified atom stereocenters. The van der Waals surface area contributed by atoms with Crippen LogP contribution in [0.4, 0.5) is 0 Å². The lowest BCUT2D eigenvalue weighted by Gasteiger charge is -2.32. The van der Waals surface area contributed by atoms with Crippen LogP contribution < -0.4 is 0 Å². The molecule has 3 atom stereocenters. The van der Waals surface area contributed by atoms with Crippen molar-refractivity contribution in [3.63, 3.8) is 0 Å². The van der Waals surface area contributed by atoms with E-state index in [0.29, 0.717) is 0 Å². The third kappa shape index (κ3) is 1.55. The molecule has 1 rings (SSSR count). The third-order valence-corrected chi connectivity index (χ3v) is 4.69. The summed E-state index contributed by atoms with van der Waals surface area (Å²) in [6.07, 6.45) is 2.60. The standard InChI is InChI=1S/C9H15I/c1-6-4-5-7(2)9(10)8(6)3/h6,8-9H,2,4-5H2,1,3H3/t6-,8?,9-/m0/s1. The van der Waals surface area contributed by atoms with Crippen LogP contribution in [-0.4, -0.2) is 3.92 Å². The molecule has 0 amide bonds. The van der Waals surface area contributed by atoms with Gasteiger partial charge in [0, 0.05) is 3.92 Å². The van der Waals surface area contributed by atoms with E-state index < -0.39 is 0 Å². The quantitative estimate of drug-likeness (QED) is 0.351. The lowest BCUT2D eigenvalue weighted by Crippen LogP contribution is -2.25. The first-order chi connectivity index (χ1) is 4.63. The summed E-state index contributed by atoms with van der Waals surface area (Å²) in [6.45, 7) is 8.76. The minimum atomic E-state index is 0.723. The Morgan fingerprint density at radius 3 is 2.60 bits per heavy atom. The van der Waals surface area contributed by atoms with Crippen molar-refractivity contribution < 1.29 is 0 Å². The molecule has 1 aliphatic rings. The highest BCUT2D eigenvalue weighted by Crippen LogP contribution is 2.36. The van der Waals surface area contributed by atoms with Gasteiger partial charge in [0.05, 0.1) is 0 Å². The van der Waals surface area contributed by atoms with Gasteiger partial charge in [-0.1, -0.05) is 48.6 Å². The molecule has 10 heavy (non-hydrogen) atoms. The molecular formula is C9H15I. The van der Waals surface area contributed by atoms with Crippen LogP contribution in [0.3, 0.4) is 0 Å². The van der Waals surface area contributed by atoms with Gasteiger partial charge < -0.3 is 0 Å². The molecule has 58 valence electrons. The van der Waals surface area contributed by atoms with E-state index in [2.05, 4.69) is 43.0 Å². The number of alkyl halides is 1. The van der Waals surface area contributed by atoms with Crippen LogP contribution in [-0.2, 0) is 0 Å². The van der Waals surface area contributed by atoms with Gasteiger partial charge in [-0.15, -0.1) is 0 Å². The Balaban J connectivity index is 2.60. The van der Waals surface area contributed by atoms with E-state index >= 15 is 0 Å². The lowest BCUT2D eigenvalue weighted by molar-refractivity contribution is 0.339. The second-order valence-corrected chi connectivity index (χ2v) is 4.78. The van der Waals surface area contributed by atoms with Crippen LogP contribution >= 0.6 is 22.6 Å². The van der Waals surface area contributed by atoms with Gasteiger partial charge in [0.15, 0.2) is 0 Å². The van der Waals surface area contributed by atoms with Gasteiger partial charge in [-0.2, -0.15) is 0 Å². The van der Waals surface area contributed by atoms with Crippen LogP contribution in [0.5, 0.6) is 0 Å². The molecule has 1 saturated carbocycles. The van der Waals surface area contributed by atoms with Crippen LogP contribution in [0.1, 0.15) is 26.7 Å². The zero-order valence-corrected chi connectivity index (χ0v) is 8.89. The highest BCUT2D eigenvalue weighted by atomic mass is 127. The van der Waals surface area contributed by atoms with Gasteiger partial charge in [0.1, 0.15) is 0 Å². The number of hydrogen-bond donors (Lipinski definition) is 0. The normalized spacial score (nSPS) is 41.9. The summed E-state index contributed by atoms with van der Waals surface area (Å²) in [5, 5.41) is 0. The first-order valence-corrected chi connectivity index (χ1v) is 5.19. The molecule has 0 nitrogen and oxygen atoms in total. The van der Waals surface area contributed by atoms with E-state index in [1.807, 2.05) is 0 Å². The van der Waals surface area contributed by atoms with Gasteiger partial charge in [-0.3, -0.25) is 0 Å². The third-order valence-electron chi connectivity index (χ3n) is 2.67. The Hall–Kier alpha value is 0.470. The average molecular weight is 250 g/mol. The molecule has 0 aromatic rings. The van der Waals surface area contributed by atoms with Crippen LogP contribution in [0, 0.1) is 11.8 Å². The van der Waals surface area contributed by atoms with Gasteiger partial charge in [-0.05, 0) is 24.7 Å². The monoisotopic (exact) mass is 250 g/mol. The molecular weight excluding hydrogens is 235 g/mol. The second-order valence-electron chi connectivity index (χ2n) is 3.44. The van der Waals surface area contributed by atoms with Crippen molar-refractivity contribution in [2.45, 2.75) is 30.6 Å². The lowest BCUT2D eigenvalue weighted by atomic mass is 9.79. The maximum Gasteiger partial charge on any atom is 0.0344 e. The van der Waals surface area contributed by atoms with Gasteiger partial charge >= 0.3 is 0 Å². The van der Waals surface area contributed by atoms with Crippen molar-refractivity contribution in [3.8, 4) is 0 Å². The Labute approximate surface area is 77.2 Å². The Morgan fingerprint density at radius 2 is 2.10 bits per heavy atom. The maximum absolute atomic E-state index is 4.07. The van der Waals surface area contributed by atoms with Crippen molar-refractivity contribution >= 4 is 22.6 Å². The Morgan fingerprint density at radius 1 is 1.50 bits per heavy atom. The Bertz CT molecular complexity index is 140. The topological polar surface area (TPSA) is 0 Å². The summed E-state index contributed by atoms with van der Waals surface area (Å²) in [7, 11) is 0. The summed E-state index contributed by atoms with van der Waals surface area (Å²) in [5.41, 5.74) is 1.45. The largest absolute Gasteiger partial charge is 0.0988 e. The molecule has 0 N–H and O–H groups in total. The van der Waals surface area contributed by atoms with E-state index in [9.17, 15) is 0 Å². The van der Waals surface area contributed by atoms with Crippen molar-refractivity contribution in [1.29, 1.82) is 0 Å². The van der Waals surface area contributed by atoms with E-state index in [-0.39, 0.29) is 0 Å². The smallest absolute Gasteiger partial charge is 0.0344 e. The van der Waals surface area contributed by atoms with Crippen molar-refractivity contribution in [3.05, 3.63) is 12.2 Å². The molecule has 0 spiro atoms. The van der Waals surface area contributed by atoms with Crippen LogP contribution in [0.25, 0.3) is 0 Å². The fourth-order valence-corrected chi connectivity index (χ4v) is 2.49. The van der Waals surface area contributed by atoms with Gasteiger partial charge in [0.25, 0.3) is 0 Å². The number of allylic oxidation sites excluding steroid dienone is 1. The number of halogens is 1. The molecule has 0 aromatic heterocycles. The number of rotatable bonds is 0. The molecule has 0 saturated heterocycles. The molecule has 0 aromatic carbocycles. The summed E-state index contributed by atoms with van der Waals surface area (Å²) in [5.74, 6) is 1.73. The SMILES string of the molecule is C=C1CC[C@H](C)C(C)[C@H]1I. The van der Waals surface area contributed by atoms with Gasteiger partial charge in [0.2, 0.25) is 0 Å². The molecule has 0 aliphatic heterocycles. The van der Waals surface area contributed by atoms with Crippen molar-refractivity contribution in [2.75, 3.05) is 0 Å². The van der Waals surface area contributed by atoms with Crippen LogP contribution in [0.2, 0.25) is 0 Å². The highest BCUT2D eigenvalue weighted by Gasteiger charge is 2.26. The summed E-state index contributed by atoms with van der Waals surface area (Å²) >= 11 is 2.52. The second kappa shape index (κ2) is 3.24. The predicted octanol–water partition coefficient (Wildman–Crippen LogP) is 3.41. The Kier molecular flexibility index (Phi) is 2.78. The summed E-state index contributed by atoms with van der Waals surface area (Å²) in [4.78, 5) is 0. The maximum atomic E-state index is 4.07. The fourth-order valence-electron chi connectivity index (χ4n) is 1.47. The number of hydrogen-bond acceptors (Lipinski definition) is 0. The molecule has 0 heterocycles. The first-order valence-electron chi connectivity index (χ1n) is 3.94. The summed E-state index contributed by atoms with van der Waals surface area (Å²) < 4.78 is 0.723.